The Morgan fingerprint density at radius 1 is 1.38 bits per heavy atom. The summed E-state index contributed by atoms with van der Waals surface area (Å²) in [6.07, 6.45) is 0. The van der Waals surface area contributed by atoms with Gasteiger partial charge in [-0.15, -0.1) is 11.3 Å². The van der Waals surface area contributed by atoms with Gasteiger partial charge in [0.15, 0.2) is 5.96 Å². The fraction of sp³-hybridized carbons (Fsp3) is 0.267. The molecular weight excluding hydrogens is 292 g/mol. The molecule has 1 atom stereocenters. The largest absolute Gasteiger partial charge is 0.370 e. The van der Waals surface area contributed by atoms with Crippen molar-refractivity contribution < 1.29 is 8.78 Å². The minimum absolute atomic E-state index is 0.281. The quantitative estimate of drug-likeness (QED) is 0.947. The highest BCUT2D eigenvalue weighted by atomic mass is 32.1. The molecule has 110 valence electrons. The smallest absolute Gasteiger partial charge is 0.192 e. The Bertz CT molecular complexity index is 684. The van der Waals surface area contributed by atoms with Gasteiger partial charge in [0.1, 0.15) is 11.6 Å². The minimum atomic E-state index is -0.778. The Morgan fingerprint density at radius 3 is 2.90 bits per heavy atom. The van der Waals surface area contributed by atoms with Crippen molar-refractivity contribution >= 4 is 17.3 Å². The highest BCUT2D eigenvalue weighted by molar-refractivity contribution is 7.09. The molecule has 6 heteroatoms. The molecule has 0 radical (unpaired) electrons. The molecule has 21 heavy (non-hydrogen) atoms. The van der Waals surface area contributed by atoms with Crippen LogP contribution in [0, 0.1) is 11.6 Å². The standard InChI is InChI=1S/C15H15F2N3S/c1-15(12-7-10(16)4-5-13(12)17)9-19-14(18)20(15)8-11-3-2-6-21-11/h2-7H,8-9H2,1H3,(H2,18,19). The van der Waals surface area contributed by atoms with Crippen LogP contribution in [0.3, 0.4) is 0 Å². The van der Waals surface area contributed by atoms with Gasteiger partial charge in [-0.2, -0.15) is 0 Å². The van der Waals surface area contributed by atoms with E-state index in [9.17, 15) is 8.78 Å². The Morgan fingerprint density at radius 2 is 2.19 bits per heavy atom. The third-order valence-electron chi connectivity index (χ3n) is 3.82. The highest BCUT2D eigenvalue weighted by Crippen LogP contribution is 2.36. The summed E-state index contributed by atoms with van der Waals surface area (Å²) in [5.74, 6) is -0.552. The maximum atomic E-state index is 14.2. The first-order valence-corrected chi connectivity index (χ1v) is 7.44. The summed E-state index contributed by atoms with van der Waals surface area (Å²) in [4.78, 5) is 7.16. The summed E-state index contributed by atoms with van der Waals surface area (Å²) in [7, 11) is 0. The Labute approximate surface area is 125 Å². The van der Waals surface area contributed by atoms with Gasteiger partial charge in [0.25, 0.3) is 0 Å². The van der Waals surface area contributed by atoms with Crippen molar-refractivity contribution in [2.45, 2.75) is 19.0 Å². The van der Waals surface area contributed by atoms with Crippen molar-refractivity contribution in [3.05, 3.63) is 57.8 Å². The van der Waals surface area contributed by atoms with E-state index in [0.29, 0.717) is 19.0 Å². The first-order chi connectivity index (χ1) is 10.0. The predicted octanol–water partition coefficient (Wildman–Crippen LogP) is 3.07. The van der Waals surface area contributed by atoms with Gasteiger partial charge in [0.2, 0.25) is 0 Å². The lowest BCUT2D eigenvalue weighted by atomic mass is 9.90. The van der Waals surface area contributed by atoms with Gasteiger partial charge in [0, 0.05) is 10.4 Å². The Kier molecular flexibility index (Phi) is 3.41. The third-order valence-corrected chi connectivity index (χ3v) is 4.69. The number of hydrogen-bond donors (Lipinski definition) is 1. The molecule has 0 spiro atoms. The van der Waals surface area contributed by atoms with E-state index in [-0.39, 0.29) is 5.56 Å². The molecule has 1 unspecified atom stereocenters. The van der Waals surface area contributed by atoms with Gasteiger partial charge in [-0.25, -0.2) is 8.78 Å². The number of thiophene rings is 1. The average molecular weight is 307 g/mol. The number of hydrogen-bond acceptors (Lipinski definition) is 4. The van der Waals surface area contributed by atoms with Crippen LogP contribution < -0.4 is 5.73 Å². The van der Waals surface area contributed by atoms with Crippen molar-refractivity contribution in [1.29, 1.82) is 0 Å². The molecule has 0 bridgehead atoms. The number of rotatable bonds is 3. The molecular formula is C15H15F2N3S. The second-order valence-electron chi connectivity index (χ2n) is 5.24. The number of halogens is 2. The van der Waals surface area contributed by atoms with Crippen LogP contribution in [0.4, 0.5) is 8.78 Å². The number of nitrogens with two attached hydrogens (primary N) is 1. The van der Waals surface area contributed by atoms with Crippen LogP contribution in [0.25, 0.3) is 0 Å². The van der Waals surface area contributed by atoms with E-state index in [1.807, 2.05) is 29.3 Å². The van der Waals surface area contributed by atoms with Crippen LogP contribution in [-0.4, -0.2) is 17.4 Å². The zero-order valence-electron chi connectivity index (χ0n) is 11.5. The molecule has 3 rings (SSSR count). The van der Waals surface area contributed by atoms with Crippen LogP contribution in [-0.2, 0) is 12.1 Å². The lowest BCUT2D eigenvalue weighted by Crippen LogP contribution is -2.47. The summed E-state index contributed by atoms with van der Waals surface area (Å²) in [6, 6.07) is 7.42. The summed E-state index contributed by atoms with van der Waals surface area (Å²) < 4.78 is 27.7. The predicted molar refractivity (Wildman–Crippen MR) is 80.1 cm³/mol. The summed E-state index contributed by atoms with van der Waals surface area (Å²) in [5.41, 5.74) is 5.46. The average Bonchev–Trinajstić information content (AvgIpc) is 3.06. The van der Waals surface area contributed by atoms with E-state index in [1.165, 1.54) is 6.07 Å². The lowest BCUT2D eigenvalue weighted by molar-refractivity contribution is 0.211. The molecule has 2 aromatic rings. The number of aliphatic imine (C=N–C) groups is 1. The van der Waals surface area contributed by atoms with Gasteiger partial charge in [-0.1, -0.05) is 6.07 Å². The SMILES string of the molecule is CC1(c2cc(F)ccc2F)CN=C(N)N1Cc1cccs1. The van der Waals surface area contributed by atoms with Crippen molar-refractivity contribution in [1.82, 2.24) is 4.90 Å². The van der Waals surface area contributed by atoms with Crippen LogP contribution in [0.5, 0.6) is 0 Å². The van der Waals surface area contributed by atoms with Gasteiger partial charge in [-0.3, -0.25) is 4.99 Å². The van der Waals surface area contributed by atoms with E-state index >= 15 is 0 Å². The lowest BCUT2D eigenvalue weighted by Gasteiger charge is -2.36. The van der Waals surface area contributed by atoms with Crippen LogP contribution in [0.1, 0.15) is 17.4 Å². The molecule has 1 aliphatic rings. The molecule has 3 nitrogen and oxygen atoms in total. The van der Waals surface area contributed by atoms with Crippen molar-refractivity contribution in [3.63, 3.8) is 0 Å². The van der Waals surface area contributed by atoms with Crippen molar-refractivity contribution in [3.8, 4) is 0 Å². The third kappa shape index (κ3) is 2.40. The Hall–Kier alpha value is -1.95. The Balaban J connectivity index is 2.00. The molecule has 1 aliphatic heterocycles. The van der Waals surface area contributed by atoms with Gasteiger partial charge in [-0.05, 0) is 36.6 Å². The first kappa shape index (κ1) is 14.0. The molecule has 2 N–H and O–H groups in total. The van der Waals surface area contributed by atoms with Gasteiger partial charge < -0.3 is 10.6 Å². The maximum absolute atomic E-state index is 14.2. The second kappa shape index (κ2) is 5.11. The van der Waals surface area contributed by atoms with Crippen molar-refractivity contribution in [2.24, 2.45) is 10.7 Å². The van der Waals surface area contributed by atoms with Crippen molar-refractivity contribution in [2.75, 3.05) is 6.54 Å². The molecule has 1 aromatic heterocycles. The number of guanidine groups is 1. The highest BCUT2D eigenvalue weighted by Gasteiger charge is 2.41. The molecule has 2 heterocycles. The zero-order chi connectivity index (χ0) is 15.0. The normalized spacial score (nSPS) is 21.7. The van der Waals surface area contributed by atoms with Crippen LogP contribution >= 0.6 is 11.3 Å². The van der Waals surface area contributed by atoms with Crippen LogP contribution in [0.15, 0.2) is 40.7 Å². The van der Waals surface area contributed by atoms with E-state index in [1.54, 1.807) is 11.3 Å². The molecule has 0 fully saturated rings. The first-order valence-electron chi connectivity index (χ1n) is 6.56. The monoisotopic (exact) mass is 307 g/mol. The fourth-order valence-corrected chi connectivity index (χ4v) is 3.31. The molecule has 0 saturated heterocycles. The molecule has 0 aliphatic carbocycles. The van der Waals surface area contributed by atoms with E-state index in [4.69, 9.17) is 5.73 Å². The van der Waals surface area contributed by atoms with E-state index in [2.05, 4.69) is 4.99 Å². The summed E-state index contributed by atoms with van der Waals surface area (Å²) >= 11 is 1.60. The zero-order valence-corrected chi connectivity index (χ0v) is 12.3. The van der Waals surface area contributed by atoms with E-state index < -0.39 is 17.2 Å². The van der Waals surface area contributed by atoms with Gasteiger partial charge >= 0.3 is 0 Å². The second-order valence-corrected chi connectivity index (χ2v) is 6.27. The molecule has 1 aromatic carbocycles. The maximum Gasteiger partial charge on any atom is 0.192 e. The summed E-state index contributed by atoms with van der Waals surface area (Å²) in [5, 5.41) is 1.97. The number of benzene rings is 1. The number of nitrogens with zero attached hydrogens (tertiary/aromatic N) is 2. The molecule has 0 saturated carbocycles. The van der Waals surface area contributed by atoms with Gasteiger partial charge in [0.05, 0.1) is 18.6 Å². The topological polar surface area (TPSA) is 41.6 Å². The van der Waals surface area contributed by atoms with E-state index in [0.717, 1.165) is 17.0 Å². The summed E-state index contributed by atoms with van der Waals surface area (Å²) in [6.45, 7) is 2.67. The fourth-order valence-electron chi connectivity index (χ4n) is 2.61. The minimum Gasteiger partial charge on any atom is -0.370 e. The van der Waals surface area contributed by atoms with Crippen LogP contribution in [0.2, 0.25) is 0 Å². The molecule has 0 amide bonds.